The molecule has 0 atom stereocenters. The van der Waals surface area contributed by atoms with Crippen LogP contribution in [0.1, 0.15) is 22.8 Å². The fraction of sp³-hybridized carbons (Fsp3) is 0.312. The molecule has 0 saturated heterocycles. The molecule has 0 unspecified atom stereocenters. The summed E-state index contributed by atoms with van der Waals surface area (Å²) in [4.78, 5) is 14.2. The van der Waals surface area contributed by atoms with Crippen LogP contribution in [-0.4, -0.2) is 25.9 Å². The Kier molecular flexibility index (Phi) is 4.48. The molecule has 22 heavy (non-hydrogen) atoms. The normalized spacial score (nSPS) is 10.8. The first-order chi connectivity index (χ1) is 10.7. The Balaban J connectivity index is 1.75. The molecule has 5 nitrogen and oxygen atoms in total. The van der Waals surface area contributed by atoms with Crippen LogP contribution in [0.25, 0.3) is 0 Å². The molecule has 0 saturated carbocycles. The van der Waals surface area contributed by atoms with Gasteiger partial charge in [0.15, 0.2) is 0 Å². The van der Waals surface area contributed by atoms with Gasteiger partial charge in [0.05, 0.1) is 6.54 Å². The van der Waals surface area contributed by atoms with Gasteiger partial charge in [0.1, 0.15) is 11.6 Å². The minimum Gasteiger partial charge on any atom is -0.347 e. The SMILES string of the molecule is Cc1nsc(N(CCc2ccccc2C)Cc2ncc[nH]2)n1. The Morgan fingerprint density at radius 1 is 1.23 bits per heavy atom. The van der Waals surface area contributed by atoms with Gasteiger partial charge in [-0.1, -0.05) is 24.3 Å². The van der Waals surface area contributed by atoms with Crippen LogP contribution >= 0.6 is 11.5 Å². The predicted molar refractivity (Wildman–Crippen MR) is 89.2 cm³/mol. The Morgan fingerprint density at radius 3 is 2.77 bits per heavy atom. The maximum atomic E-state index is 4.52. The molecule has 0 aliphatic heterocycles. The molecule has 114 valence electrons. The average Bonchev–Trinajstić information content (AvgIpc) is 3.16. The molecule has 6 heteroatoms. The minimum absolute atomic E-state index is 0.716. The second kappa shape index (κ2) is 6.70. The lowest BCUT2D eigenvalue weighted by atomic mass is 10.1. The number of anilines is 1. The number of hydrogen-bond donors (Lipinski definition) is 1. The summed E-state index contributed by atoms with van der Waals surface area (Å²) < 4.78 is 4.30. The number of nitrogens with one attached hydrogen (secondary N) is 1. The molecule has 0 bridgehead atoms. The van der Waals surface area contributed by atoms with Crippen LogP contribution in [0.2, 0.25) is 0 Å². The summed E-state index contributed by atoms with van der Waals surface area (Å²) in [6.07, 6.45) is 4.60. The molecule has 3 aromatic rings. The number of nitrogens with zero attached hydrogens (tertiary/aromatic N) is 4. The van der Waals surface area contributed by atoms with Crippen LogP contribution in [0.4, 0.5) is 5.13 Å². The van der Waals surface area contributed by atoms with Gasteiger partial charge in [0.25, 0.3) is 0 Å². The van der Waals surface area contributed by atoms with Crippen molar-refractivity contribution in [2.45, 2.75) is 26.8 Å². The van der Waals surface area contributed by atoms with Crippen molar-refractivity contribution in [1.82, 2.24) is 19.3 Å². The van der Waals surface area contributed by atoms with Gasteiger partial charge < -0.3 is 9.88 Å². The van der Waals surface area contributed by atoms with Crippen LogP contribution in [-0.2, 0) is 13.0 Å². The Labute approximate surface area is 134 Å². The van der Waals surface area contributed by atoms with Gasteiger partial charge in [-0.15, -0.1) is 0 Å². The van der Waals surface area contributed by atoms with E-state index in [4.69, 9.17) is 0 Å². The molecule has 0 aliphatic rings. The van der Waals surface area contributed by atoms with Crippen molar-refractivity contribution in [3.8, 4) is 0 Å². The minimum atomic E-state index is 0.716. The molecule has 0 spiro atoms. The summed E-state index contributed by atoms with van der Waals surface area (Å²) in [5.74, 6) is 1.76. The summed E-state index contributed by atoms with van der Waals surface area (Å²) in [5, 5.41) is 0.947. The topological polar surface area (TPSA) is 57.7 Å². The fourth-order valence-corrected chi connectivity index (χ4v) is 3.07. The van der Waals surface area contributed by atoms with Gasteiger partial charge in [0, 0.05) is 30.5 Å². The maximum absolute atomic E-state index is 4.52. The van der Waals surface area contributed by atoms with Crippen molar-refractivity contribution in [1.29, 1.82) is 0 Å². The zero-order valence-electron chi connectivity index (χ0n) is 12.8. The molecule has 0 aliphatic carbocycles. The smallest absolute Gasteiger partial charge is 0.205 e. The third-order valence-corrected chi connectivity index (χ3v) is 4.46. The molecule has 3 rings (SSSR count). The number of H-pyrrole nitrogens is 1. The van der Waals surface area contributed by atoms with Crippen molar-refractivity contribution in [3.63, 3.8) is 0 Å². The predicted octanol–water partition coefficient (Wildman–Crippen LogP) is 3.13. The average molecular weight is 313 g/mol. The van der Waals surface area contributed by atoms with Gasteiger partial charge in [-0.3, -0.25) is 0 Å². The van der Waals surface area contributed by atoms with Crippen LogP contribution in [0.5, 0.6) is 0 Å². The van der Waals surface area contributed by atoms with E-state index in [0.717, 1.165) is 29.7 Å². The Morgan fingerprint density at radius 2 is 2.09 bits per heavy atom. The summed E-state index contributed by atoms with van der Waals surface area (Å²) in [6.45, 7) is 5.68. The lowest BCUT2D eigenvalue weighted by Gasteiger charge is -2.20. The van der Waals surface area contributed by atoms with E-state index in [-0.39, 0.29) is 0 Å². The van der Waals surface area contributed by atoms with Crippen LogP contribution in [0.15, 0.2) is 36.7 Å². The molecule has 0 fully saturated rings. The zero-order chi connectivity index (χ0) is 15.4. The van der Waals surface area contributed by atoms with Crippen LogP contribution in [0, 0.1) is 13.8 Å². The van der Waals surface area contributed by atoms with Crippen molar-refractivity contribution in [3.05, 3.63) is 59.4 Å². The van der Waals surface area contributed by atoms with E-state index in [0.29, 0.717) is 6.54 Å². The number of aromatic nitrogens is 4. The van der Waals surface area contributed by atoms with E-state index >= 15 is 0 Å². The maximum Gasteiger partial charge on any atom is 0.205 e. The van der Waals surface area contributed by atoms with Gasteiger partial charge in [-0.05, 0) is 31.4 Å². The Hall–Kier alpha value is -2.21. The molecular formula is C16H19N5S. The molecule has 0 radical (unpaired) electrons. The van der Waals surface area contributed by atoms with Gasteiger partial charge in [-0.2, -0.15) is 4.37 Å². The monoisotopic (exact) mass is 313 g/mol. The third-order valence-electron chi connectivity index (χ3n) is 3.60. The molecule has 2 aromatic heterocycles. The quantitative estimate of drug-likeness (QED) is 0.759. The first-order valence-electron chi connectivity index (χ1n) is 7.30. The van der Waals surface area contributed by atoms with Crippen molar-refractivity contribution in [2.75, 3.05) is 11.4 Å². The van der Waals surface area contributed by atoms with E-state index in [2.05, 4.69) is 55.4 Å². The third kappa shape index (κ3) is 3.51. The number of aryl methyl sites for hydroxylation is 2. The van der Waals surface area contributed by atoms with Gasteiger partial charge >= 0.3 is 0 Å². The first kappa shape index (κ1) is 14.7. The van der Waals surface area contributed by atoms with Gasteiger partial charge in [-0.25, -0.2) is 9.97 Å². The number of benzene rings is 1. The fourth-order valence-electron chi connectivity index (χ4n) is 2.37. The summed E-state index contributed by atoms with van der Waals surface area (Å²) in [6, 6.07) is 8.51. The highest BCUT2D eigenvalue weighted by Crippen LogP contribution is 2.20. The largest absolute Gasteiger partial charge is 0.347 e. The van der Waals surface area contributed by atoms with Crippen molar-refractivity contribution < 1.29 is 0 Å². The van der Waals surface area contributed by atoms with E-state index in [9.17, 15) is 0 Å². The highest BCUT2D eigenvalue weighted by atomic mass is 32.1. The van der Waals surface area contributed by atoms with Crippen LogP contribution < -0.4 is 4.90 Å². The van der Waals surface area contributed by atoms with Gasteiger partial charge in [0.2, 0.25) is 5.13 Å². The van der Waals surface area contributed by atoms with E-state index < -0.39 is 0 Å². The summed E-state index contributed by atoms with van der Waals surface area (Å²) in [7, 11) is 0. The summed E-state index contributed by atoms with van der Waals surface area (Å²) >= 11 is 1.44. The number of aromatic amines is 1. The van der Waals surface area contributed by atoms with Crippen LogP contribution in [0.3, 0.4) is 0 Å². The molecule has 2 heterocycles. The first-order valence-corrected chi connectivity index (χ1v) is 8.08. The summed E-state index contributed by atoms with van der Waals surface area (Å²) in [5.41, 5.74) is 2.70. The van der Waals surface area contributed by atoms with E-state index in [1.807, 2.05) is 13.1 Å². The number of hydrogen-bond acceptors (Lipinski definition) is 5. The molecular weight excluding hydrogens is 294 g/mol. The Bertz CT molecular complexity index is 720. The second-order valence-corrected chi connectivity index (χ2v) is 5.99. The highest BCUT2D eigenvalue weighted by Gasteiger charge is 2.13. The van der Waals surface area contributed by atoms with Crippen molar-refractivity contribution >= 4 is 16.7 Å². The standard InChI is InChI=1S/C16H19N5S/c1-12-5-3-4-6-14(12)7-10-21(11-15-17-8-9-18-15)16-19-13(2)20-22-16/h3-6,8-9H,7,10-11H2,1-2H3,(H,17,18). The molecule has 1 aromatic carbocycles. The number of imidazole rings is 1. The molecule has 1 N–H and O–H groups in total. The second-order valence-electron chi connectivity index (χ2n) is 5.26. The van der Waals surface area contributed by atoms with Crippen molar-refractivity contribution in [2.24, 2.45) is 0 Å². The van der Waals surface area contributed by atoms with E-state index in [1.165, 1.54) is 22.7 Å². The lowest BCUT2D eigenvalue weighted by molar-refractivity contribution is 0.749. The number of rotatable bonds is 6. The molecule has 0 amide bonds. The van der Waals surface area contributed by atoms with E-state index in [1.54, 1.807) is 6.20 Å². The zero-order valence-corrected chi connectivity index (χ0v) is 13.6. The lowest BCUT2D eigenvalue weighted by Crippen LogP contribution is -2.26. The highest BCUT2D eigenvalue weighted by molar-refractivity contribution is 7.09.